The maximum atomic E-state index is 4.79. The first kappa shape index (κ1) is 16.8. The molecule has 27 heavy (non-hydrogen) atoms. The Morgan fingerprint density at radius 2 is 1.89 bits per heavy atom. The quantitative estimate of drug-likeness (QED) is 0.379. The van der Waals surface area contributed by atoms with Gasteiger partial charge in [-0.3, -0.25) is 0 Å². The first-order valence-electron chi connectivity index (χ1n) is 10.3. The van der Waals surface area contributed by atoms with Gasteiger partial charge in [-0.2, -0.15) is 5.10 Å². The van der Waals surface area contributed by atoms with E-state index in [0.29, 0.717) is 5.41 Å². The second-order valence-corrected chi connectivity index (χ2v) is 8.53. The lowest BCUT2D eigenvalue weighted by atomic mass is 9.85. The maximum Gasteiger partial charge on any atom is 0.0769 e. The zero-order valence-corrected chi connectivity index (χ0v) is 17.0. The number of rotatable bonds is 3. The van der Waals surface area contributed by atoms with Crippen LogP contribution in [0.25, 0.3) is 27.2 Å². The van der Waals surface area contributed by atoms with Crippen LogP contribution in [0, 0.1) is 25.7 Å². The summed E-state index contributed by atoms with van der Waals surface area (Å²) < 4.78 is 2.21. The van der Waals surface area contributed by atoms with Gasteiger partial charge in [-0.25, -0.2) is 4.52 Å². The summed E-state index contributed by atoms with van der Waals surface area (Å²) in [5.41, 5.74) is 7.00. The van der Waals surface area contributed by atoms with Crippen molar-refractivity contribution >= 4 is 27.2 Å². The number of aryl methyl sites for hydroxylation is 2. The number of hydrogen-bond acceptors (Lipinski definition) is 1. The van der Waals surface area contributed by atoms with E-state index in [9.17, 15) is 0 Å². The summed E-state index contributed by atoms with van der Waals surface area (Å²) >= 11 is 0. The molecule has 3 unspecified atom stereocenters. The molecule has 3 atom stereocenters. The van der Waals surface area contributed by atoms with Gasteiger partial charge in [0.2, 0.25) is 0 Å². The number of para-hydroxylation sites is 1. The monoisotopic (exact) mass is 356 g/mol. The van der Waals surface area contributed by atoms with Crippen LogP contribution in [0.4, 0.5) is 0 Å². The molecule has 2 nitrogen and oxygen atoms in total. The van der Waals surface area contributed by atoms with Crippen LogP contribution in [0.15, 0.2) is 42.6 Å². The smallest absolute Gasteiger partial charge is 0.0769 e. The standard InChI is InChI=1S/C25H28N2/c1-6-20-17(5)25(20,7-2)21-10-8-9-18-19-14-15(3)13-16(4)23(19)22-11-12-26-27(22)24(18)21/h8-14,17,20H,6-7H2,1-5H3. The third-order valence-corrected chi connectivity index (χ3v) is 7.41. The highest BCUT2D eigenvalue weighted by atomic mass is 15.2. The molecule has 5 rings (SSSR count). The Kier molecular flexibility index (Phi) is 3.47. The summed E-state index contributed by atoms with van der Waals surface area (Å²) in [7, 11) is 0. The summed E-state index contributed by atoms with van der Waals surface area (Å²) in [6.07, 6.45) is 4.40. The van der Waals surface area contributed by atoms with Crippen molar-refractivity contribution in [2.24, 2.45) is 11.8 Å². The molecule has 0 aliphatic heterocycles. The Morgan fingerprint density at radius 1 is 1.07 bits per heavy atom. The zero-order valence-electron chi connectivity index (χ0n) is 17.0. The first-order valence-corrected chi connectivity index (χ1v) is 10.3. The lowest BCUT2D eigenvalue weighted by Gasteiger charge is -2.21. The summed E-state index contributed by atoms with van der Waals surface area (Å²) in [5, 5.41) is 8.83. The van der Waals surface area contributed by atoms with Crippen LogP contribution in [0.1, 0.15) is 50.3 Å². The summed E-state index contributed by atoms with van der Waals surface area (Å²) in [5.74, 6) is 1.51. The molecule has 0 amide bonds. The molecule has 4 aromatic rings. The molecule has 138 valence electrons. The predicted molar refractivity (Wildman–Crippen MR) is 115 cm³/mol. The van der Waals surface area contributed by atoms with Crippen molar-refractivity contribution in [3.63, 3.8) is 0 Å². The van der Waals surface area contributed by atoms with E-state index < -0.39 is 0 Å². The molecule has 1 saturated carbocycles. The molecule has 2 heterocycles. The van der Waals surface area contributed by atoms with E-state index >= 15 is 0 Å². The van der Waals surface area contributed by atoms with Crippen molar-refractivity contribution in [3.05, 3.63) is 59.3 Å². The van der Waals surface area contributed by atoms with E-state index in [2.05, 4.69) is 75.5 Å². The second-order valence-electron chi connectivity index (χ2n) is 8.53. The van der Waals surface area contributed by atoms with Crippen LogP contribution in [-0.4, -0.2) is 9.61 Å². The van der Waals surface area contributed by atoms with E-state index in [1.54, 1.807) is 0 Å². The summed E-state index contributed by atoms with van der Waals surface area (Å²) in [4.78, 5) is 0. The molecule has 2 aromatic heterocycles. The minimum absolute atomic E-state index is 0.291. The van der Waals surface area contributed by atoms with Crippen molar-refractivity contribution in [1.29, 1.82) is 0 Å². The molecular weight excluding hydrogens is 328 g/mol. The van der Waals surface area contributed by atoms with Crippen molar-refractivity contribution in [2.45, 2.75) is 52.9 Å². The SMILES string of the molecule is CCC1C(C)C1(CC)c1cccc2c3cc(C)cc(C)c3c3ccnn3c12. The van der Waals surface area contributed by atoms with E-state index in [0.717, 1.165) is 11.8 Å². The molecule has 2 aromatic carbocycles. The molecular formula is C25H28N2. The topological polar surface area (TPSA) is 17.3 Å². The average molecular weight is 357 g/mol. The third-order valence-electron chi connectivity index (χ3n) is 7.41. The summed E-state index contributed by atoms with van der Waals surface area (Å²) in [6, 6.07) is 13.7. The van der Waals surface area contributed by atoms with Gasteiger partial charge in [-0.15, -0.1) is 0 Å². The number of hydrogen-bond donors (Lipinski definition) is 0. The Labute approximate surface area is 161 Å². The Morgan fingerprint density at radius 3 is 2.59 bits per heavy atom. The van der Waals surface area contributed by atoms with Crippen molar-refractivity contribution in [1.82, 2.24) is 9.61 Å². The first-order chi connectivity index (χ1) is 13.0. The Bertz CT molecular complexity index is 1200. The van der Waals surface area contributed by atoms with Gasteiger partial charge in [-0.1, -0.05) is 63.1 Å². The zero-order chi connectivity index (χ0) is 18.9. The number of benzene rings is 2. The minimum atomic E-state index is 0.291. The van der Waals surface area contributed by atoms with E-state index in [-0.39, 0.29) is 0 Å². The van der Waals surface area contributed by atoms with Crippen molar-refractivity contribution in [2.75, 3.05) is 0 Å². The average Bonchev–Trinajstić information content (AvgIpc) is 2.99. The third kappa shape index (κ3) is 1.99. The van der Waals surface area contributed by atoms with Crippen LogP contribution in [0.3, 0.4) is 0 Å². The molecule has 0 N–H and O–H groups in total. The van der Waals surface area contributed by atoms with Crippen LogP contribution < -0.4 is 0 Å². The van der Waals surface area contributed by atoms with E-state index in [1.807, 2.05) is 6.20 Å². The number of aromatic nitrogens is 2. The van der Waals surface area contributed by atoms with Crippen LogP contribution in [-0.2, 0) is 5.41 Å². The lowest BCUT2D eigenvalue weighted by molar-refractivity contribution is 0.566. The van der Waals surface area contributed by atoms with Gasteiger partial charge in [0.15, 0.2) is 0 Å². The number of nitrogens with zero attached hydrogens (tertiary/aromatic N) is 2. The molecule has 2 heteroatoms. The highest BCUT2D eigenvalue weighted by Gasteiger charge is 2.60. The van der Waals surface area contributed by atoms with Gasteiger partial charge < -0.3 is 0 Å². The van der Waals surface area contributed by atoms with Gasteiger partial charge >= 0.3 is 0 Å². The van der Waals surface area contributed by atoms with Crippen LogP contribution in [0.5, 0.6) is 0 Å². The molecule has 1 aliphatic rings. The van der Waals surface area contributed by atoms with Gasteiger partial charge in [0.1, 0.15) is 0 Å². The normalized spacial score (nSPS) is 24.9. The Hall–Kier alpha value is -2.35. The molecule has 0 radical (unpaired) electrons. The molecule has 0 spiro atoms. The fraction of sp³-hybridized carbons (Fsp3) is 0.400. The molecule has 1 aliphatic carbocycles. The van der Waals surface area contributed by atoms with Crippen LogP contribution in [0.2, 0.25) is 0 Å². The second kappa shape index (κ2) is 5.58. The minimum Gasteiger partial charge on any atom is -0.232 e. The molecule has 0 bridgehead atoms. The molecule has 1 fully saturated rings. The number of fused-ring (bicyclic) bond motifs is 6. The van der Waals surface area contributed by atoms with Gasteiger partial charge in [0, 0.05) is 16.2 Å². The van der Waals surface area contributed by atoms with E-state index in [4.69, 9.17) is 5.10 Å². The van der Waals surface area contributed by atoms with Crippen molar-refractivity contribution < 1.29 is 0 Å². The highest BCUT2D eigenvalue weighted by Crippen LogP contribution is 2.64. The lowest BCUT2D eigenvalue weighted by Crippen LogP contribution is -2.13. The maximum absolute atomic E-state index is 4.79. The predicted octanol–water partition coefficient (Wildman–Crippen LogP) is 6.58. The van der Waals surface area contributed by atoms with Gasteiger partial charge in [-0.05, 0) is 54.7 Å². The highest BCUT2D eigenvalue weighted by molar-refractivity contribution is 6.14. The van der Waals surface area contributed by atoms with Gasteiger partial charge in [0.05, 0.1) is 17.2 Å². The van der Waals surface area contributed by atoms with E-state index in [1.165, 1.54) is 56.7 Å². The number of pyridine rings is 1. The summed E-state index contributed by atoms with van der Waals surface area (Å²) in [6.45, 7) is 11.6. The fourth-order valence-corrected chi connectivity index (χ4v) is 6.22. The van der Waals surface area contributed by atoms with Gasteiger partial charge in [0.25, 0.3) is 0 Å². The van der Waals surface area contributed by atoms with Crippen molar-refractivity contribution in [3.8, 4) is 0 Å². The Balaban J connectivity index is 2.00. The largest absolute Gasteiger partial charge is 0.232 e. The molecule has 0 saturated heterocycles. The van der Waals surface area contributed by atoms with Crippen LogP contribution >= 0.6 is 0 Å². The fourth-order valence-electron chi connectivity index (χ4n) is 6.22.